The molecule has 0 amide bonds. The quantitative estimate of drug-likeness (QED) is 0.837. The second-order valence-electron chi connectivity index (χ2n) is 5.41. The smallest absolute Gasteiger partial charge is 0.223 e. The number of aromatic nitrogens is 2. The first-order valence-corrected chi connectivity index (χ1v) is 6.83. The lowest BCUT2D eigenvalue weighted by Gasteiger charge is -2.35. The summed E-state index contributed by atoms with van der Waals surface area (Å²) in [7, 11) is 0. The van der Waals surface area contributed by atoms with Crippen LogP contribution in [0.4, 0.5) is 0 Å². The van der Waals surface area contributed by atoms with Crippen LogP contribution in [0.2, 0.25) is 0 Å². The Balaban J connectivity index is 1.73. The van der Waals surface area contributed by atoms with Gasteiger partial charge in [0.05, 0.1) is 12.1 Å². The highest BCUT2D eigenvalue weighted by atomic mass is 16.5. The van der Waals surface area contributed by atoms with E-state index in [1.165, 1.54) is 6.42 Å². The van der Waals surface area contributed by atoms with Gasteiger partial charge in [-0.2, -0.15) is 4.98 Å². The lowest BCUT2D eigenvalue weighted by Crippen LogP contribution is -2.43. The first kappa shape index (κ1) is 13.5. The third-order valence-electron chi connectivity index (χ3n) is 3.92. The SMILES string of the molecule is CCC1CCC(O)(CNCc2noc(C)n2)CC1. The third kappa shape index (κ3) is 3.53. The van der Waals surface area contributed by atoms with Crippen molar-refractivity contribution in [3.63, 3.8) is 0 Å². The predicted molar refractivity (Wildman–Crippen MR) is 67.9 cm³/mol. The third-order valence-corrected chi connectivity index (χ3v) is 3.92. The van der Waals surface area contributed by atoms with E-state index in [9.17, 15) is 5.11 Å². The van der Waals surface area contributed by atoms with Crippen molar-refractivity contribution in [3.05, 3.63) is 11.7 Å². The van der Waals surface area contributed by atoms with Crippen LogP contribution in [0.5, 0.6) is 0 Å². The number of aliphatic hydroxyl groups is 1. The highest BCUT2D eigenvalue weighted by Gasteiger charge is 2.32. The van der Waals surface area contributed by atoms with Crippen LogP contribution in [0.15, 0.2) is 4.52 Å². The summed E-state index contributed by atoms with van der Waals surface area (Å²) in [6, 6.07) is 0. The van der Waals surface area contributed by atoms with Crippen LogP contribution in [0, 0.1) is 12.8 Å². The maximum absolute atomic E-state index is 10.4. The summed E-state index contributed by atoms with van der Waals surface area (Å²) < 4.78 is 4.90. The number of nitrogens with zero attached hydrogens (tertiary/aromatic N) is 2. The number of hydrogen-bond acceptors (Lipinski definition) is 5. The summed E-state index contributed by atoms with van der Waals surface area (Å²) in [5, 5.41) is 17.5. The van der Waals surface area contributed by atoms with Gasteiger partial charge in [-0.25, -0.2) is 0 Å². The van der Waals surface area contributed by atoms with Crippen molar-refractivity contribution in [3.8, 4) is 0 Å². The zero-order valence-corrected chi connectivity index (χ0v) is 11.3. The van der Waals surface area contributed by atoms with Gasteiger partial charge in [0.25, 0.3) is 0 Å². The first-order valence-electron chi connectivity index (χ1n) is 6.83. The van der Waals surface area contributed by atoms with E-state index in [1.54, 1.807) is 6.92 Å². The molecule has 1 aliphatic rings. The molecule has 102 valence electrons. The van der Waals surface area contributed by atoms with E-state index in [0.29, 0.717) is 24.8 Å². The molecule has 1 aromatic heterocycles. The van der Waals surface area contributed by atoms with Crippen molar-refractivity contribution < 1.29 is 9.63 Å². The van der Waals surface area contributed by atoms with Gasteiger partial charge in [0.2, 0.25) is 5.89 Å². The fourth-order valence-electron chi connectivity index (χ4n) is 2.62. The molecule has 0 atom stereocenters. The average Bonchev–Trinajstić information content (AvgIpc) is 2.76. The molecule has 0 saturated heterocycles. The molecule has 0 unspecified atom stereocenters. The minimum absolute atomic E-state index is 0.551. The number of aryl methyl sites for hydroxylation is 1. The predicted octanol–water partition coefficient (Wildman–Crippen LogP) is 1.80. The molecule has 1 aliphatic carbocycles. The average molecular weight is 253 g/mol. The molecule has 5 heteroatoms. The lowest BCUT2D eigenvalue weighted by molar-refractivity contribution is -0.00894. The van der Waals surface area contributed by atoms with E-state index >= 15 is 0 Å². The fraction of sp³-hybridized carbons (Fsp3) is 0.846. The second-order valence-corrected chi connectivity index (χ2v) is 5.41. The molecule has 0 bridgehead atoms. The molecule has 2 N–H and O–H groups in total. The molecule has 1 saturated carbocycles. The minimum atomic E-state index is -0.551. The van der Waals surface area contributed by atoms with Gasteiger partial charge in [-0.05, 0) is 31.6 Å². The van der Waals surface area contributed by atoms with Crippen LogP contribution in [-0.4, -0.2) is 27.4 Å². The Morgan fingerprint density at radius 1 is 1.44 bits per heavy atom. The number of rotatable bonds is 5. The summed E-state index contributed by atoms with van der Waals surface area (Å²) in [5.41, 5.74) is -0.551. The van der Waals surface area contributed by atoms with Gasteiger partial charge in [0, 0.05) is 13.5 Å². The molecule has 0 aromatic carbocycles. The van der Waals surface area contributed by atoms with Gasteiger partial charge in [-0.1, -0.05) is 18.5 Å². The molecule has 5 nitrogen and oxygen atoms in total. The molecule has 0 spiro atoms. The van der Waals surface area contributed by atoms with E-state index in [0.717, 1.165) is 31.6 Å². The van der Waals surface area contributed by atoms with E-state index in [4.69, 9.17) is 4.52 Å². The second kappa shape index (κ2) is 5.80. The molecule has 0 radical (unpaired) electrons. The summed E-state index contributed by atoms with van der Waals surface area (Å²) in [4.78, 5) is 4.12. The molecule has 18 heavy (non-hydrogen) atoms. The van der Waals surface area contributed by atoms with Gasteiger partial charge < -0.3 is 14.9 Å². The molecule has 2 rings (SSSR count). The van der Waals surface area contributed by atoms with E-state index in [-0.39, 0.29) is 0 Å². The molecule has 0 aliphatic heterocycles. The summed E-state index contributed by atoms with van der Waals surface area (Å²) in [5.74, 6) is 2.03. The Morgan fingerprint density at radius 2 is 2.17 bits per heavy atom. The van der Waals surface area contributed by atoms with E-state index in [2.05, 4.69) is 22.4 Å². The molecule has 1 heterocycles. The monoisotopic (exact) mass is 253 g/mol. The van der Waals surface area contributed by atoms with Crippen LogP contribution in [0.25, 0.3) is 0 Å². The standard InChI is InChI=1S/C13H23N3O2/c1-3-11-4-6-13(17,7-5-11)9-14-8-12-15-10(2)18-16-12/h11,14,17H,3-9H2,1-2H3. The maximum Gasteiger partial charge on any atom is 0.223 e. The number of nitrogens with one attached hydrogen (secondary N) is 1. The zero-order chi connectivity index (χ0) is 13.0. The molecule has 1 fully saturated rings. The Morgan fingerprint density at radius 3 is 2.72 bits per heavy atom. The highest BCUT2D eigenvalue weighted by Crippen LogP contribution is 2.33. The molecular formula is C13H23N3O2. The van der Waals surface area contributed by atoms with Gasteiger partial charge in [-0.15, -0.1) is 0 Å². The van der Waals surface area contributed by atoms with Gasteiger partial charge in [0.1, 0.15) is 0 Å². The van der Waals surface area contributed by atoms with Gasteiger partial charge in [-0.3, -0.25) is 0 Å². The van der Waals surface area contributed by atoms with Gasteiger partial charge >= 0.3 is 0 Å². The zero-order valence-electron chi connectivity index (χ0n) is 11.3. The normalized spacial score (nSPS) is 28.5. The summed E-state index contributed by atoms with van der Waals surface area (Å²) in [6.45, 7) is 5.16. The summed E-state index contributed by atoms with van der Waals surface area (Å²) >= 11 is 0. The van der Waals surface area contributed by atoms with E-state index in [1.807, 2.05) is 0 Å². The Labute approximate surface area is 108 Å². The van der Waals surface area contributed by atoms with Crippen LogP contribution < -0.4 is 5.32 Å². The Hall–Kier alpha value is -0.940. The minimum Gasteiger partial charge on any atom is -0.389 e. The maximum atomic E-state index is 10.4. The van der Waals surface area contributed by atoms with Crippen molar-refractivity contribution in [1.29, 1.82) is 0 Å². The van der Waals surface area contributed by atoms with Crippen molar-refractivity contribution in [2.45, 2.75) is 58.1 Å². The lowest BCUT2D eigenvalue weighted by atomic mass is 9.78. The van der Waals surface area contributed by atoms with E-state index < -0.39 is 5.60 Å². The summed E-state index contributed by atoms with van der Waals surface area (Å²) in [6.07, 6.45) is 5.28. The number of hydrogen-bond donors (Lipinski definition) is 2. The fourth-order valence-corrected chi connectivity index (χ4v) is 2.62. The molecular weight excluding hydrogens is 230 g/mol. The highest BCUT2D eigenvalue weighted by molar-refractivity contribution is 4.89. The van der Waals surface area contributed by atoms with Crippen LogP contribution in [0.1, 0.15) is 50.7 Å². The van der Waals surface area contributed by atoms with Crippen LogP contribution >= 0.6 is 0 Å². The Kier molecular flexibility index (Phi) is 4.35. The molecule has 1 aromatic rings. The first-order chi connectivity index (χ1) is 8.61. The Bertz CT molecular complexity index is 370. The van der Waals surface area contributed by atoms with Crippen LogP contribution in [-0.2, 0) is 6.54 Å². The van der Waals surface area contributed by atoms with Gasteiger partial charge in [0.15, 0.2) is 5.82 Å². The van der Waals surface area contributed by atoms with Crippen molar-refractivity contribution >= 4 is 0 Å². The van der Waals surface area contributed by atoms with Crippen molar-refractivity contribution in [2.75, 3.05) is 6.54 Å². The van der Waals surface area contributed by atoms with Crippen molar-refractivity contribution in [2.24, 2.45) is 5.92 Å². The van der Waals surface area contributed by atoms with Crippen molar-refractivity contribution in [1.82, 2.24) is 15.5 Å². The van der Waals surface area contributed by atoms with Crippen LogP contribution in [0.3, 0.4) is 0 Å². The topological polar surface area (TPSA) is 71.2 Å². The largest absolute Gasteiger partial charge is 0.389 e.